The number of H-pyrrole nitrogens is 1. The molecule has 2 aliphatic rings. The molecule has 1 fully saturated rings. The lowest BCUT2D eigenvalue weighted by molar-refractivity contribution is 0.171. The smallest absolute Gasteiger partial charge is 0.257 e. The number of aromatic amines is 1. The fourth-order valence-corrected chi connectivity index (χ4v) is 4.54. The third kappa shape index (κ3) is 3.52. The molecule has 2 aromatic heterocycles. The zero-order valence-electron chi connectivity index (χ0n) is 18.5. The molecule has 0 spiro atoms. The van der Waals surface area contributed by atoms with Crippen molar-refractivity contribution in [3.05, 3.63) is 65.1 Å². The van der Waals surface area contributed by atoms with Gasteiger partial charge in [-0.1, -0.05) is 18.2 Å². The number of fused-ring (bicyclic) bond motifs is 2. The first kappa shape index (κ1) is 19.9. The van der Waals surface area contributed by atoms with Crippen molar-refractivity contribution in [1.29, 1.82) is 0 Å². The lowest BCUT2D eigenvalue weighted by atomic mass is 10.1. The van der Waals surface area contributed by atoms with Crippen LogP contribution in [-0.4, -0.2) is 66.1 Å². The fourth-order valence-electron chi connectivity index (χ4n) is 4.54. The zero-order chi connectivity index (χ0) is 22.4. The van der Waals surface area contributed by atoms with Crippen LogP contribution in [0.4, 0.5) is 5.69 Å². The minimum Gasteiger partial charge on any atom is -0.486 e. The van der Waals surface area contributed by atoms with E-state index in [9.17, 15) is 4.79 Å². The predicted octanol–water partition coefficient (Wildman–Crippen LogP) is 2.90. The number of nitrogens with one attached hydrogen (secondary N) is 1. The second kappa shape index (κ2) is 7.97. The predicted molar refractivity (Wildman–Crippen MR) is 128 cm³/mol. The van der Waals surface area contributed by atoms with Crippen LogP contribution in [0.15, 0.2) is 59.5 Å². The molecule has 8 nitrogen and oxygen atoms in total. The first-order valence-electron chi connectivity index (χ1n) is 11.2. The molecule has 2 aliphatic heterocycles. The first-order chi connectivity index (χ1) is 16.2. The molecule has 0 radical (unpaired) electrons. The van der Waals surface area contributed by atoms with Gasteiger partial charge in [0.2, 0.25) is 0 Å². The lowest BCUT2D eigenvalue weighted by Gasteiger charge is -2.34. The Morgan fingerprint density at radius 2 is 1.76 bits per heavy atom. The van der Waals surface area contributed by atoms with Crippen LogP contribution in [0.3, 0.4) is 0 Å². The van der Waals surface area contributed by atoms with Gasteiger partial charge in [-0.25, -0.2) is 0 Å². The van der Waals surface area contributed by atoms with Gasteiger partial charge in [0.05, 0.1) is 11.2 Å². The van der Waals surface area contributed by atoms with Gasteiger partial charge >= 0.3 is 0 Å². The quantitative estimate of drug-likeness (QED) is 0.525. The van der Waals surface area contributed by atoms with Gasteiger partial charge < -0.3 is 19.3 Å². The van der Waals surface area contributed by atoms with Gasteiger partial charge in [-0.05, 0) is 31.3 Å². The number of rotatable bonds is 3. The molecule has 0 unspecified atom stereocenters. The second-order valence-electron chi connectivity index (χ2n) is 8.52. The molecule has 2 aromatic carbocycles. The minimum absolute atomic E-state index is 0.161. The van der Waals surface area contributed by atoms with E-state index in [-0.39, 0.29) is 5.56 Å². The lowest BCUT2D eigenvalue weighted by Crippen LogP contribution is -2.44. The number of pyridine rings is 1. The summed E-state index contributed by atoms with van der Waals surface area (Å²) in [6.45, 7) is 5.15. The van der Waals surface area contributed by atoms with Crippen molar-refractivity contribution in [3.8, 4) is 28.4 Å². The van der Waals surface area contributed by atoms with E-state index < -0.39 is 0 Å². The van der Waals surface area contributed by atoms with Crippen molar-refractivity contribution in [2.75, 3.05) is 51.3 Å². The van der Waals surface area contributed by atoms with Crippen LogP contribution >= 0.6 is 0 Å². The Balaban J connectivity index is 1.39. The summed E-state index contributed by atoms with van der Waals surface area (Å²) in [5.74, 6) is 1.24. The highest BCUT2D eigenvalue weighted by atomic mass is 16.6. The summed E-state index contributed by atoms with van der Waals surface area (Å²) in [5.41, 5.74) is 4.24. The molecule has 0 bridgehead atoms. The maximum Gasteiger partial charge on any atom is 0.257 e. The van der Waals surface area contributed by atoms with Gasteiger partial charge in [-0.3, -0.25) is 14.5 Å². The van der Waals surface area contributed by atoms with Crippen molar-refractivity contribution in [1.82, 2.24) is 19.7 Å². The summed E-state index contributed by atoms with van der Waals surface area (Å²) >= 11 is 0. The molecule has 1 N–H and O–H groups in total. The van der Waals surface area contributed by atoms with E-state index in [1.165, 1.54) is 5.69 Å². The molecule has 4 aromatic rings. The average Bonchev–Trinajstić information content (AvgIpc) is 3.26. The van der Waals surface area contributed by atoms with Gasteiger partial charge in [0.25, 0.3) is 5.56 Å². The van der Waals surface area contributed by atoms with Gasteiger partial charge in [0, 0.05) is 55.1 Å². The number of nitrogens with zero attached hydrogens (tertiary/aromatic N) is 4. The fraction of sp³-hybridized carbons (Fsp3) is 0.280. The number of benzene rings is 2. The number of piperazine rings is 1. The molecule has 8 heteroatoms. The van der Waals surface area contributed by atoms with E-state index in [1.807, 2.05) is 24.4 Å². The van der Waals surface area contributed by atoms with Crippen molar-refractivity contribution in [3.63, 3.8) is 0 Å². The summed E-state index contributed by atoms with van der Waals surface area (Å²) in [4.78, 5) is 17.7. The Hall–Kier alpha value is -3.78. The SMILES string of the molecule is CN1CCN(c2ccc(-c3n[nH]c4cc(=O)n(-c5cccc6c5OCCO6)cc34)cc2)CC1. The Kier molecular flexibility index (Phi) is 4.80. The van der Waals surface area contributed by atoms with Crippen LogP contribution in [0.5, 0.6) is 11.5 Å². The number of anilines is 1. The van der Waals surface area contributed by atoms with E-state index in [1.54, 1.807) is 10.6 Å². The number of para-hydroxylation sites is 1. The summed E-state index contributed by atoms with van der Waals surface area (Å²) < 4.78 is 13.1. The number of likely N-dealkylation sites (N-methyl/N-ethyl adjacent to an activating group) is 1. The van der Waals surface area contributed by atoms with Crippen LogP contribution in [0.25, 0.3) is 27.8 Å². The van der Waals surface area contributed by atoms with Crippen LogP contribution in [0.2, 0.25) is 0 Å². The van der Waals surface area contributed by atoms with Gasteiger partial charge in [0.1, 0.15) is 18.9 Å². The number of hydrogen-bond acceptors (Lipinski definition) is 6. The molecule has 4 heterocycles. The van der Waals surface area contributed by atoms with E-state index in [0.717, 1.165) is 42.8 Å². The number of ether oxygens (including phenoxy) is 2. The van der Waals surface area contributed by atoms with Crippen molar-refractivity contribution in [2.24, 2.45) is 0 Å². The minimum atomic E-state index is -0.161. The zero-order valence-corrected chi connectivity index (χ0v) is 18.5. The van der Waals surface area contributed by atoms with Gasteiger partial charge in [0.15, 0.2) is 11.5 Å². The van der Waals surface area contributed by atoms with Crippen LogP contribution in [0.1, 0.15) is 0 Å². The van der Waals surface area contributed by atoms with Crippen LogP contribution < -0.4 is 19.9 Å². The van der Waals surface area contributed by atoms with Crippen LogP contribution in [0, 0.1) is 0 Å². The maximum atomic E-state index is 12.9. The normalized spacial score (nSPS) is 16.3. The third-order valence-electron chi connectivity index (χ3n) is 6.41. The Bertz CT molecular complexity index is 1370. The van der Waals surface area contributed by atoms with Gasteiger partial charge in [-0.15, -0.1) is 0 Å². The summed E-state index contributed by atoms with van der Waals surface area (Å²) in [7, 11) is 2.16. The third-order valence-corrected chi connectivity index (χ3v) is 6.41. The monoisotopic (exact) mass is 443 g/mol. The van der Waals surface area contributed by atoms with Crippen molar-refractivity contribution < 1.29 is 9.47 Å². The summed E-state index contributed by atoms with van der Waals surface area (Å²) in [6.07, 6.45) is 1.83. The molecule has 6 rings (SSSR count). The Morgan fingerprint density at radius 1 is 0.970 bits per heavy atom. The second-order valence-corrected chi connectivity index (χ2v) is 8.52. The van der Waals surface area contributed by atoms with Crippen molar-refractivity contribution >= 4 is 16.6 Å². The van der Waals surface area contributed by atoms with Gasteiger partial charge in [-0.2, -0.15) is 5.10 Å². The molecule has 0 saturated carbocycles. The molecular formula is C25H25N5O3. The topological polar surface area (TPSA) is 75.6 Å². The molecule has 0 aliphatic carbocycles. The maximum absolute atomic E-state index is 12.9. The summed E-state index contributed by atoms with van der Waals surface area (Å²) in [6, 6.07) is 15.7. The van der Waals surface area contributed by atoms with Crippen molar-refractivity contribution in [2.45, 2.75) is 0 Å². The van der Waals surface area contributed by atoms with E-state index in [4.69, 9.17) is 9.47 Å². The Labute approximate surface area is 191 Å². The average molecular weight is 444 g/mol. The van der Waals surface area contributed by atoms with E-state index in [2.05, 4.69) is 51.3 Å². The number of aromatic nitrogens is 3. The number of hydrogen-bond donors (Lipinski definition) is 1. The largest absolute Gasteiger partial charge is 0.486 e. The first-order valence-corrected chi connectivity index (χ1v) is 11.2. The highest BCUT2D eigenvalue weighted by Crippen LogP contribution is 2.36. The van der Waals surface area contributed by atoms with E-state index >= 15 is 0 Å². The highest BCUT2D eigenvalue weighted by molar-refractivity contribution is 5.92. The summed E-state index contributed by atoms with van der Waals surface area (Å²) in [5, 5.41) is 8.42. The molecule has 33 heavy (non-hydrogen) atoms. The molecule has 1 saturated heterocycles. The molecule has 0 atom stereocenters. The Morgan fingerprint density at radius 3 is 2.58 bits per heavy atom. The van der Waals surface area contributed by atoms with E-state index in [0.29, 0.717) is 35.9 Å². The highest BCUT2D eigenvalue weighted by Gasteiger charge is 2.19. The molecular weight excluding hydrogens is 418 g/mol. The molecule has 168 valence electrons. The molecule has 0 amide bonds. The van der Waals surface area contributed by atoms with Crippen LogP contribution in [-0.2, 0) is 0 Å². The standard InChI is InChI=1S/C25H25N5O3/c1-28-9-11-29(12-10-28)18-7-5-17(6-8-18)24-19-16-30(23(31)15-20(19)26-27-24)21-3-2-4-22-25(21)33-14-13-32-22/h2-8,15-16,26H,9-14H2,1H3.